The van der Waals surface area contributed by atoms with Gasteiger partial charge in [0.1, 0.15) is 13.2 Å². The molecule has 0 radical (unpaired) electrons. The lowest BCUT2D eigenvalue weighted by Crippen LogP contribution is -2.27. The van der Waals surface area contributed by atoms with Crippen LogP contribution in [0, 0.1) is 10.8 Å². The topological polar surface area (TPSA) is 93.1 Å². The van der Waals surface area contributed by atoms with Gasteiger partial charge in [-0.25, -0.2) is 0 Å². The first-order valence-electron chi connectivity index (χ1n) is 14.7. The molecule has 40 heavy (non-hydrogen) atoms. The summed E-state index contributed by atoms with van der Waals surface area (Å²) in [5.41, 5.74) is 1.15. The van der Waals surface area contributed by atoms with Crippen molar-refractivity contribution in [2.24, 2.45) is 10.8 Å². The van der Waals surface area contributed by atoms with Crippen molar-refractivity contribution in [2.75, 3.05) is 0 Å². The fraction of sp³-hybridized carbons (Fsp3) is 0.588. The lowest BCUT2D eigenvalue weighted by atomic mass is 9.83. The van der Waals surface area contributed by atoms with E-state index < -0.39 is 17.6 Å². The van der Waals surface area contributed by atoms with Crippen LogP contribution in [0.3, 0.4) is 0 Å². The summed E-state index contributed by atoms with van der Waals surface area (Å²) in [7, 11) is 0. The molecule has 0 spiro atoms. The molecule has 222 valence electrons. The Bertz CT molecular complexity index is 986. The van der Waals surface area contributed by atoms with Crippen molar-refractivity contribution in [1.82, 2.24) is 0 Å². The van der Waals surface area contributed by atoms with E-state index in [0.717, 1.165) is 36.8 Å². The quantitative estimate of drug-likeness (QED) is 0.179. The van der Waals surface area contributed by atoms with Crippen LogP contribution in [0.1, 0.15) is 103 Å². The predicted molar refractivity (Wildman–Crippen MR) is 158 cm³/mol. The summed E-state index contributed by atoms with van der Waals surface area (Å²) in [5, 5.41) is 20.8. The number of hydrogen-bond donors (Lipinski definition) is 2. The van der Waals surface area contributed by atoms with E-state index in [1.54, 1.807) is 0 Å². The largest absolute Gasteiger partial charge is 0.461 e. The normalized spacial score (nSPS) is 13.4. The highest BCUT2D eigenvalue weighted by molar-refractivity contribution is 5.75. The fourth-order valence-corrected chi connectivity index (χ4v) is 4.76. The number of benzene rings is 2. The van der Waals surface area contributed by atoms with E-state index in [0.29, 0.717) is 45.1 Å². The summed E-state index contributed by atoms with van der Waals surface area (Å²) in [6.45, 7) is 8.45. The minimum atomic E-state index is -0.600. The number of aliphatic hydroxyl groups excluding tert-OH is 2. The number of rotatable bonds is 19. The molecular formula is C34H50O6. The molecule has 2 aromatic carbocycles. The Labute approximate surface area is 241 Å². The van der Waals surface area contributed by atoms with Crippen molar-refractivity contribution in [2.45, 2.75) is 117 Å². The Morgan fingerprint density at radius 2 is 1.12 bits per heavy atom. The molecule has 6 heteroatoms. The van der Waals surface area contributed by atoms with E-state index >= 15 is 0 Å². The molecule has 0 aliphatic carbocycles. The van der Waals surface area contributed by atoms with Crippen molar-refractivity contribution < 1.29 is 29.3 Å². The molecule has 2 rings (SSSR count). The SMILES string of the molecule is CC(C)(CCCC(O)CCCC(O)CCCC(C)(C)C(=O)OCc1ccccc1)CC(=O)OCc1ccccc1. The Hall–Kier alpha value is -2.70. The molecule has 0 fully saturated rings. The summed E-state index contributed by atoms with van der Waals surface area (Å²) in [6.07, 6.45) is 5.88. The van der Waals surface area contributed by atoms with Gasteiger partial charge in [-0.05, 0) is 81.8 Å². The molecule has 2 unspecified atom stereocenters. The zero-order chi connectivity index (χ0) is 29.4. The maximum atomic E-state index is 12.5. The molecule has 0 amide bonds. The van der Waals surface area contributed by atoms with E-state index in [1.165, 1.54) is 0 Å². The maximum absolute atomic E-state index is 12.5. The highest BCUT2D eigenvalue weighted by Crippen LogP contribution is 2.29. The van der Waals surface area contributed by atoms with Crippen LogP contribution in [0.15, 0.2) is 60.7 Å². The second-order valence-corrected chi connectivity index (χ2v) is 12.5. The van der Waals surface area contributed by atoms with Gasteiger partial charge < -0.3 is 19.7 Å². The van der Waals surface area contributed by atoms with Crippen molar-refractivity contribution >= 4 is 11.9 Å². The molecule has 6 nitrogen and oxygen atoms in total. The highest BCUT2D eigenvalue weighted by atomic mass is 16.5. The maximum Gasteiger partial charge on any atom is 0.311 e. The number of carbonyl (C=O) groups is 2. The van der Waals surface area contributed by atoms with E-state index in [1.807, 2.05) is 74.5 Å². The van der Waals surface area contributed by atoms with Crippen molar-refractivity contribution in [1.29, 1.82) is 0 Å². The van der Waals surface area contributed by atoms with E-state index in [9.17, 15) is 19.8 Å². The van der Waals surface area contributed by atoms with Gasteiger partial charge in [0.25, 0.3) is 0 Å². The molecule has 0 aromatic heterocycles. The van der Waals surface area contributed by atoms with Crippen LogP contribution in [0.25, 0.3) is 0 Å². The molecule has 2 N–H and O–H groups in total. The van der Waals surface area contributed by atoms with Crippen LogP contribution in [0.4, 0.5) is 0 Å². The van der Waals surface area contributed by atoms with E-state index in [4.69, 9.17) is 9.47 Å². The zero-order valence-electron chi connectivity index (χ0n) is 24.9. The second-order valence-electron chi connectivity index (χ2n) is 12.5. The summed E-state index contributed by atoms with van der Waals surface area (Å²) in [5.74, 6) is -0.419. The Balaban J connectivity index is 1.53. The smallest absolute Gasteiger partial charge is 0.311 e. The molecule has 0 heterocycles. The van der Waals surface area contributed by atoms with Crippen LogP contribution >= 0.6 is 0 Å². The summed E-state index contributed by atoms with van der Waals surface area (Å²) >= 11 is 0. The van der Waals surface area contributed by atoms with Gasteiger partial charge >= 0.3 is 11.9 Å². The van der Waals surface area contributed by atoms with Gasteiger partial charge in [-0.15, -0.1) is 0 Å². The summed E-state index contributed by atoms with van der Waals surface area (Å²) in [4.78, 5) is 24.8. The van der Waals surface area contributed by atoms with Crippen LogP contribution in [0.2, 0.25) is 0 Å². The highest BCUT2D eigenvalue weighted by Gasteiger charge is 2.29. The van der Waals surface area contributed by atoms with Gasteiger partial charge in [0.05, 0.1) is 24.0 Å². The first-order valence-corrected chi connectivity index (χ1v) is 14.7. The molecule has 0 aliphatic rings. The lowest BCUT2D eigenvalue weighted by molar-refractivity contribution is -0.156. The van der Waals surface area contributed by atoms with Gasteiger partial charge in [-0.3, -0.25) is 9.59 Å². The van der Waals surface area contributed by atoms with Crippen LogP contribution in [0.5, 0.6) is 0 Å². The van der Waals surface area contributed by atoms with Gasteiger partial charge in [-0.2, -0.15) is 0 Å². The molecule has 0 saturated carbocycles. The standard InChI is InChI=1S/C34H50O6/c1-33(2,24-31(37)39-25-27-14-7-5-8-15-27)22-12-20-29(35)18-11-19-30(36)21-13-23-34(3,4)32(38)40-26-28-16-9-6-10-17-28/h5-10,14-17,29-30,35-36H,11-13,18-26H2,1-4H3. The third kappa shape index (κ3) is 14.1. The molecule has 2 atom stereocenters. The second kappa shape index (κ2) is 17.2. The number of hydrogen-bond acceptors (Lipinski definition) is 6. The van der Waals surface area contributed by atoms with Crippen LogP contribution in [-0.2, 0) is 32.3 Å². The van der Waals surface area contributed by atoms with Gasteiger partial charge in [-0.1, -0.05) is 80.9 Å². The molecule has 2 aromatic rings. The minimum absolute atomic E-state index is 0.189. The third-order valence-electron chi connectivity index (χ3n) is 7.44. The summed E-state index contributed by atoms with van der Waals surface area (Å²) in [6, 6.07) is 19.3. The number of esters is 2. The monoisotopic (exact) mass is 554 g/mol. The summed E-state index contributed by atoms with van der Waals surface area (Å²) < 4.78 is 10.9. The third-order valence-corrected chi connectivity index (χ3v) is 7.44. The number of aliphatic hydroxyl groups is 2. The van der Waals surface area contributed by atoms with E-state index in [-0.39, 0.29) is 24.0 Å². The van der Waals surface area contributed by atoms with Crippen molar-refractivity contribution in [3.8, 4) is 0 Å². The van der Waals surface area contributed by atoms with Crippen molar-refractivity contribution in [3.05, 3.63) is 71.8 Å². The Morgan fingerprint density at radius 3 is 1.65 bits per heavy atom. The molecular weight excluding hydrogens is 504 g/mol. The Kier molecular flexibility index (Phi) is 14.4. The first-order chi connectivity index (χ1) is 19.0. The van der Waals surface area contributed by atoms with E-state index in [2.05, 4.69) is 13.8 Å². The molecule has 0 saturated heterocycles. The van der Waals surface area contributed by atoms with Crippen molar-refractivity contribution in [3.63, 3.8) is 0 Å². The number of ether oxygens (including phenoxy) is 2. The Morgan fingerprint density at radius 1 is 0.675 bits per heavy atom. The van der Waals surface area contributed by atoms with Gasteiger partial charge in [0, 0.05) is 0 Å². The predicted octanol–water partition coefficient (Wildman–Crippen LogP) is 7.15. The number of carbonyl (C=O) groups excluding carboxylic acids is 2. The zero-order valence-corrected chi connectivity index (χ0v) is 24.9. The molecule has 0 aliphatic heterocycles. The molecule has 0 bridgehead atoms. The van der Waals surface area contributed by atoms with Crippen LogP contribution in [-0.4, -0.2) is 34.4 Å². The van der Waals surface area contributed by atoms with Crippen LogP contribution < -0.4 is 0 Å². The minimum Gasteiger partial charge on any atom is -0.461 e. The first kappa shape index (κ1) is 33.5. The van der Waals surface area contributed by atoms with Gasteiger partial charge in [0.2, 0.25) is 0 Å². The lowest BCUT2D eigenvalue weighted by Gasteiger charge is -2.24. The fourth-order valence-electron chi connectivity index (χ4n) is 4.76. The van der Waals surface area contributed by atoms with Gasteiger partial charge in [0.15, 0.2) is 0 Å². The average molecular weight is 555 g/mol. The average Bonchev–Trinajstić information content (AvgIpc) is 2.91.